The molecule has 3 rings (SSSR count). The van der Waals surface area contributed by atoms with E-state index >= 15 is 0 Å². The molecule has 0 amide bonds. The van der Waals surface area contributed by atoms with E-state index in [0.29, 0.717) is 27.4 Å². The minimum absolute atomic E-state index is 0.00400. The van der Waals surface area contributed by atoms with Crippen molar-refractivity contribution >= 4 is 29.2 Å². The lowest BCUT2D eigenvalue weighted by atomic mass is 10.1. The zero-order chi connectivity index (χ0) is 15.0. The van der Waals surface area contributed by atoms with Gasteiger partial charge in [0.2, 0.25) is 0 Å². The summed E-state index contributed by atoms with van der Waals surface area (Å²) in [4.78, 5) is 11.1. The lowest BCUT2D eigenvalue weighted by Gasteiger charge is -2.15. The van der Waals surface area contributed by atoms with E-state index in [2.05, 4.69) is 15.5 Å². The van der Waals surface area contributed by atoms with Gasteiger partial charge in [-0.25, -0.2) is 4.68 Å². The fourth-order valence-corrected chi connectivity index (χ4v) is 2.65. The van der Waals surface area contributed by atoms with E-state index in [4.69, 9.17) is 28.3 Å². The predicted molar refractivity (Wildman–Crippen MR) is 77.3 cm³/mol. The highest BCUT2D eigenvalue weighted by Gasteiger charge is 2.36. The summed E-state index contributed by atoms with van der Waals surface area (Å²) in [5, 5.41) is 21.6. The van der Waals surface area contributed by atoms with Crippen molar-refractivity contribution in [3.63, 3.8) is 0 Å². The van der Waals surface area contributed by atoms with Crippen LogP contribution in [-0.4, -0.2) is 31.3 Å². The van der Waals surface area contributed by atoms with Crippen LogP contribution in [0, 0.1) is 5.92 Å². The normalized spacial score (nSPS) is 15.9. The molecule has 110 valence electrons. The van der Waals surface area contributed by atoms with E-state index < -0.39 is 5.97 Å². The van der Waals surface area contributed by atoms with E-state index in [1.54, 1.807) is 22.9 Å². The van der Waals surface area contributed by atoms with Crippen molar-refractivity contribution in [3.05, 3.63) is 28.2 Å². The Bertz CT molecular complexity index is 685. The molecule has 1 atom stereocenters. The number of hydrogen-bond donors (Lipinski definition) is 1. The Hall–Kier alpha value is -1.66. The maximum atomic E-state index is 11.1. The first-order chi connectivity index (χ1) is 10.1. The van der Waals surface area contributed by atoms with Crippen molar-refractivity contribution in [3.8, 4) is 11.4 Å². The smallest absolute Gasteiger partial charge is 0.305 e. The van der Waals surface area contributed by atoms with Crippen LogP contribution in [0.2, 0.25) is 10.0 Å². The van der Waals surface area contributed by atoms with Gasteiger partial charge in [-0.3, -0.25) is 4.79 Å². The molecule has 1 aromatic carbocycles. The first-order valence-electron chi connectivity index (χ1n) is 6.51. The third-order valence-electron chi connectivity index (χ3n) is 3.53. The van der Waals surface area contributed by atoms with E-state index in [-0.39, 0.29) is 12.5 Å². The van der Waals surface area contributed by atoms with E-state index in [9.17, 15) is 4.79 Å². The maximum Gasteiger partial charge on any atom is 0.305 e. The largest absolute Gasteiger partial charge is 0.481 e. The molecule has 1 aromatic heterocycles. The number of aliphatic carboxylic acids is 1. The van der Waals surface area contributed by atoms with Gasteiger partial charge < -0.3 is 5.11 Å². The van der Waals surface area contributed by atoms with Crippen molar-refractivity contribution < 1.29 is 9.90 Å². The summed E-state index contributed by atoms with van der Waals surface area (Å²) >= 11 is 11.9. The summed E-state index contributed by atoms with van der Waals surface area (Å²) in [6, 6.07) is 4.88. The fourth-order valence-electron chi connectivity index (χ4n) is 2.35. The van der Waals surface area contributed by atoms with Crippen LogP contribution >= 0.6 is 23.2 Å². The second-order valence-electron chi connectivity index (χ2n) is 5.08. The average molecular weight is 327 g/mol. The molecule has 0 radical (unpaired) electrons. The van der Waals surface area contributed by atoms with Crippen LogP contribution in [0.25, 0.3) is 11.4 Å². The summed E-state index contributed by atoms with van der Waals surface area (Å²) < 4.78 is 1.59. The molecule has 6 nitrogen and oxygen atoms in total. The molecular weight excluding hydrogens is 315 g/mol. The summed E-state index contributed by atoms with van der Waals surface area (Å²) in [5.41, 5.74) is 0.713. The average Bonchev–Trinajstić information content (AvgIpc) is 3.16. The number of benzene rings is 1. The number of hydrogen-bond acceptors (Lipinski definition) is 4. The number of carboxylic acid groups (broad SMARTS) is 1. The molecule has 1 aliphatic rings. The number of rotatable bonds is 5. The van der Waals surface area contributed by atoms with Crippen molar-refractivity contribution in [1.29, 1.82) is 0 Å². The predicted octanol–water partition coefficient (Wildman–Crippen LogP) is 3.07. The monoisotopic (exact) mass is 326 g/mol. The highest BCUT2D eigenvalue weighted by Crippen LogP contribution is 2.42. The summed E-state index contributed by atoms with van der Waals surface area (Å²) in [5.74, 6) is -0.0414. The van der Waals surface area contributed by atoms with Crippen LogP contribution in [0.3, 0.4) is 0 Å². The lowest BCUT2D eigenvalue weighted by Crippen LogP contribution is -2.18. The molecule has 2 aromatic rings. The standard InChI is InChI=1S/C13H12Cl2N4O2/c14-9-4-3-8(5-10(9)15)13-16-17-18-19(13)11(6-12(20)21)7-1-2-7/h3-5,7,11H,1-2,6H2,(H,20,21). The van der Waals surface area contributed by atoms with Crippen LogP contribution in [0.1, 0.15) is 25.3 Å². The van der Waals surface area contributed by atoms with Crippen molar-refractivity contribution in [2.45, 2.75) is 25.3 Å². The molecule has 1 saturated carbocycles. The molecule has 1 unspecified atom stereocenters. The summed E-state index contributed by atoms with van der Waals surface area (Å²) in [6.07, 6.45) is 2.00. The summed E-state index contributed by atoms with van der Waals surface area (Å²) in [6.45, 7) is 0. The Morgan fingerprint density at radius 2 is 2.14 bits per heavy atom. The molecule has 8 heteroatoms. The minimum atomic E-state index is -0.859. The van der Waals surface area contributed by atoms with Crippen LogP contribution < -0.4 is 0 Å². The molecule has 1 heterocycles. The van der Waals surface area contributed by atoms with Crippen molar-refractivity contribution in [2.24, 2.45) is 5.92 Å². The zero-order valence-electron chi connectivity index (χ0n) is 10.9. The first kappa shape index (κ1) is 14.3. The van der Waals surface area contributed by atoms with Crippen molar-refractivity contribution in [1.82, 2.24) is 20.2 Å². The first-order valence-corrected chi connectivity index (χ1v) is 7.27. The van der Waals surface area contributed by atoms with Crippen LogP contribution in [0.4, 0.5) is 0 Å². The van der Waals surface area contributed by atoms with E-state index in [1.807, 2.05) is 0 Å². The van der Waals surface area contributed by atoms with Gasteiger partial charge in [0, 0.05) is 5.56 Å². The van der Waals surface area contributed by atoms with Gasteiger partial charge in [-0.05, 0) is 47.4 Å². The van der Waals surface area contributed by atoms with Gasteiger partial charge in [-0.1, -0.05) is 23.2 Å². The third-order valence-corrected chi connectivity index (χ3v) is 4.27. The number of carbonyl (C=O) groups is 1. The van der Waals surface area contributed by atoms with Gasteiger partial charge >= 0.3 is 5.97 Å². The molecular formula is C13H12Cl2N4O2. The number of nitrogens with zero attached hydrogens (tertiary/aromatic N) is 4. The number of aromatic nitrogens is 4. The van der Waals surface area contributed by atoms with E-state index in [0.717, 1.165) is 12.8 Å². The molecule has 0 saturated heterocycles. The highest BCUT2D eigenvalue weighted by atomic mass is 35.5. The molecule has 1 fully saturated rings. The third kappa shape index (κ3) is 3.01. The number of tetrazole rings is 1. The van der Waals surface area contributed by atoms with Crippen LogP contribution in [0.5, 0.6) is 0 Å². The second kappa shape index (κ2) is 5.61. The quantitative estimate of drug-likeness (QED) is 0.913. The Kier molecular flexibility index (Phi) is 3.82. The number of halogens is 2. The zero-order valence-corrected chi connectivity index (χ0v) is 12.4. The van der Waals surface area contributed by atoms with Gasteiger partial charge in [0.1, 0.15) is 0 Å². The van der Waals surface area contributed by atoms with Gasteiger partial charge in [0.15, 0.2) is 5.82 Å². The Morgan fingerprint density at radius 3 is 2.76 bits per heavy atom. The van der Waals surface area contributed by atoms with Gasteiger partial charge in [-0.15, -0.1) is 5.10 Å². The van der Waals surface area contributed by atoms with Gasteiger partial charge in [-0.2, -0.15) is 0 Å². The molecule has 0 aliphatic heterocycles. The molecule has 21 heavy (non-hydrogen) atoms. The molecule has 0 bridgehead atoms. The molecule has 1 aliphatic carbocycles. The fraction of sp³-hybridized carbons (Fsp3) is 0.385. The molecule has 0 spiro atoms. The number of carboxylic acids is 1. The van der Waals surface area contributed by atoms with Crippen molar-refractivity contribution in [2.75, 3.05) is 0 Å². The Labute approximate surface area is 130 Å². The highest BCUT2D eigenvalue weighted by molar-refractivity contribution is 6.42. The van der Waals surface area contributed by atoms with Crippen LogP contribution in [-0.2, 0) is 4.79 Å². The summed E-state index contributed by atoms with van der Waals surface area (Å²) in [7, 11) is 0. The van der Waals surface area contributed by atoms with Gasteiger partial charge in [0.05, 0.1) is 22.5 Å². The SMILES string of the molecule is O=C(O)CC(C1CC1)n1nnnc1-c1ccc(Cl)c(Cl)c1. The lowest BCUT2D eigenvalue weighted by molar-refractivity contribution is -0.138. The Morgan fingerprint density at radius 1 is 1.38 bits per heavy atom. The molecule has 1 N–H and O–H groups in total. The topological polar surface area (TPSA) is 80.9 Å². The second-order valence-corrected chi connectivity index (χ2v) is 5.89. The van der Waals surface area contributed by atoms with Crippen LogP contribution in [0.15, 0.2) is 18.2 Å². The Balaban J connectivity index is 1.98. The minimum Gasteiger partial charge on any atom is -0.481 e. The maximum absolute atomic E-state index is 11.1. The van der Waals surface area contributed by atoms with E-state index in [1.165, 1.54) is 0 Å². The van der Waals surface area contributed by atoms with Gasteiger partial charge in [0.25, 0.3) is 0 Å².